The zero-order valence-electron chi connectivity index (χ0n) is 21.1. The Kier molecular flexibility index (Phi) is 6.40. The van der Waals surface area contributed by atoms with Crippen LogP contribution < -0.4 is 5.32 Å². The van der Waals surface area contributed by atoms with Crippen LogP contribution in [0.15, 0.2) is 36.1 Å². The Balaban J connectivity index is 1.26. The first-order valence-electron chi connectivity index (χ1n) is 12.9. The van der Waals surface area contributed by atoms with Gasteiger partial charge in [0, 0.05) is 51.3 Å². The SMILES string of the molecule is C[C@@H]1CCC(=N)N1C(=N)C1=CC=CC(C)(NC(=O)c2cc3c(cn2)CCN(C(=O)N2CCCC2)C3)C1. The standard InChI is InChI=1S/C27H35N7O2/c1-18-7-8-23(28)34(18)24(29)19-6-5-10-27(2,15-19)31-25(35)22-14-21-17-33(13-9-20(21)16-30-22)26(36)32-11-3-4-12-32/h5-6,10,14,16,18,28-29H,3-4,7-9,11-13,15,17H2,1-2H3,(H,31,35)/t18-,27?/m1/s1. The van der Waals surface area contributed by atoms with Crippen LogP contribution in [-0.4, -0.2) is 74.5 Å². The molecule has 0 saturated carbocycles. The monoisotopic (exact) mass is 489 g/mol. The first-order chi connectivity index (χ1) is 17.2. The number of rotatable bonds is 3. The van der Waals surface area contributed by atoms with E-state index in [1.165, 1.54) is 0 Å². The molecule has 36 heavy (non-hydrogen) atoms. The number of likely N-dealkylation sites (tertiary alicyclic amines) is 2. The lowest BCUT2D eigenvalue weighted by Crippen LogP contribution is -2.48. The lowest BCUT2D eigenvalue weighted by Gasteiger charge is -2.34. The number of hydrogen-bond donors (Lipinski definition) is 3. The fourth-order valence-electron chi connectivity index (χ4n) is 5.67. The minimum Gasteiger partial charge on any atom is -0.342 e. The van der Waals surface area contributed by atoms with E-state index >= 15 is 0 Å². The number of nitrogens with one attached hydrogen (secondary N) is 3. The number of nitrogens with zero attached hydrogens (tertiary/aromatic N) is 4. The third-order valence-corrected chi connectivity index (χ3v) is 7.77. The van der Waals surface area contributed by atoms with Gasteiger partial charge in [-0.2, -0.15) is 0 Å². The molecule has 3 aliphatic heterocycles. The van der Waals surface area contributed by atoms with Crippen molar-refractivity contribution in [3.05, 3.63) is 52.9 Å². The quantitative estimate of drug-likeness (QED) is 0.445. The lowest BCUT2D eigenvalue weighted by molar-refractivity contribution is 0.0916. The van der Waals surface area contributed by atoms with Crippen molar-refractivity contribution in [1.82, 2.24) is 25.0 Å². The average Bonchev–Trinajstić information content (AvgIpc) is 3.52. The molecule has 2 fully saturated rings. The number of fused-ring (bicyclic) bond motifs is 1. The molecule has 1 aromatic heterocycles. The molecule has 0 bridgehead atoms. The van der Waals surface area contributed by atoms with Gasteiger partial charge in [-0.15, -0.1) is 0 Å². The van der Waals surface area contributed by atoms with Crippen molar-refractivity contribution in [3.63, 3.8) is 0 Å². The molecule has 5 rings (SSSR count). The van der Waals surface area contributed by atoms with Crippen LogP contribution in [0.5, 0.6) is 0 Å². The van der Waals surface area contributed by atoms with E-state index in [1.54, 1.807) is 11.1 Å². The maximum Gasteiger partial charge on any atom is 0.320 e. The zero-order valence-corrected chi connectivity index (χ0v) is 21.1. The van der Waals surface area contributed by atoms with E-state index in [-0.39, 0.29) is 18.0 Å². The molecule has 0 aromatic carbocycles. The smallest absolute Gasteiger partial charge is 0.320 e. The number of hydrogen-bond acceptors (Lipinski definition) is 5. The highest BCUT2D eigenvalue weighted by Gasteiger charge is 2.34. The van der Waals surface area contributed by atoms with Crippen molar-refractivity contribution in [3.8, 4) is 0 Å². The number of carbonyl (C=O) groups excluding carboxylic acids is 2. The van der Waals surface area contributed by atoms with Gasteiger partial charge in [-0.05, 0) is 62.3 Å². The maximum atomic E-state index is 13.3. The molecule has 3 N–H and O–H groups in total. The largest absolute Gasteiger partial charge is 0.342 e. The molecule has 0 radical (unpaired) electrons. The Morgan fingerprint density at radius 1 is 1.14 bits per heavy atom. The predicted octanol–water partition coefficient (Wildman–Crippen LogP) is 3.47. The van der Waals surface area contributed by atoms with Crippen LogP contribution in [0.1, 0.15) is 67.6 Å². The average molecular weight is 490 g/mol. The van der Waals surface area contributed by atoms with E-state index < -0.39 is 5.54 Å². The van der Waals surface area contributed by atoms with Crippen LogP contribution in [0.2, 0.25) is 0 Å². The van der Waals surface area contributed by atoms with Gasteiger partial charge in [0.2, 0.25) is 0 Å². The van der Waals surface area contributed by atoms with E-state index in [2.05, 4.69) is 10.3 Å². The van der Waals surface area contributed by atoms with Crippen LogP contribution in [0.25, 0.3) is 0 Å². The Morgan fingerprint density at radius 3 is 2.64 bits per heavy atom. The molecule has 2 atom stereocenters. The van der Waals surface area contributed by atoms with Gasteiger partial charge in [0.05, 0.1) is 5.54 Å². The zero-order chi connectivity index (χ0) is 25.4. The number of pyridine rings is 1. The van der Waals surface area contributed by atoms with E-state index in [4.69, 9.17) is 10.8 Å². The highest BCUT2D eigenvalue weighted by Crippen LogP contribution is 2.29. The minimum atomic E-state index is -0.673. The van der Waals surface area contributed by atoms with Gasteiger partial charge >= 0.3 is 6.03 Å². The third kappa shape index (κ3) is 4.66. The molecular weight excluding hydrogens is 454 g/mol. The first-order valence-corrected chi connectivity index (χ1v) is 12.9. The third-order valence-electron chi connectivity index (χ3n) is 7.77. The maximum absolute atomic E-state index is 13.3. The van der Waals surface area contributed by atoms with E-state index in [1.807, 2.05) is 47.9 Å². The molecular formula is C27H35N7O2. The number of amides is 3. The van der Waals surface area contributed by atoms with Crippen molar-refractivity contribution in [2.24, 2.45) is 0 Å². The number of urea groups is 1. The lowest BCUT2D eigenvalue weighted by atomic mass is 9.87. The summed E-state index contributed by atoms with van der Waals surface area (Å²) in [6, 6.07) is 2.04. The van der Waals surface area contributed by atoms with Crippen molar-refractivity contribution in [2.45, 2.75) is 70.5 Å². The van der Waals surface area contributed by atoms with Gasteiger partial charge in [-0.3, -0.25) is 20.6 Å². The summed E-state index contributed by atoms with van der Waals surface area (Å²) in [6.45, 7) is 6.79. The molecule has 1 aromatic rings. The summed E-state index contributed by atoms with van der Waals surface area (Å²) in [5.41, 5.74) is 2.52. The summed E-state index contributed by atoms with van der Waals surface area (Å²) >= 11 is 0. The van der Waals surface area contributed by atoms with Crippen molar-refractivity contribution < 1.29 is 9.59 Å². The van der Waals surface area contributed by atoms with Crippen LogP contribution in [0.4, 0.5) is 4.79 Å². The molecule has 9 nitrogen and oxygen atoms in total. The van der Waals surface area contributed by atoms with Crippen molar-refractivity contribution in [2.75, 3.05) is 19.6 Å². The molecule has 1 unspecified atom stereocenters. The number of carbonyl (C=O) groups is 2. The molecule has 190 valence electrons. The molecule has 4 aliphatic rings. The second kappa shape index (κ2) is 9.52. The van der Waals surface area contributed by atoms with Gasteiger partial charge in [-0.25, -0.2) is 4.79 Å². The fraction of sp³-hybridized carbons (Fsp3) is 0.519. The van der Waals surface area contributed by atoms with Gasteiger partial charge in [0.15, 0.2) is 0 Å². The molecule has 1 aliphatic carbocycles. The highest BCUT2D eigenvalue weighted by atomic mass is 16.2. The normalized spacial score (nSPS) is 25.6. The highest BCUT2D eigenvalue weighted by molar-refractivity contribution is 6.08. The fourth-order valence-corrected chi connectivity index (χ4v) is 5.67. The Labute approximate surface area is 212 Å². The van der Waals surface area contributed by atoms with Gasteiger partial charge < -0.3 is 20.0 Å². The van der Waals surface area contributed by atoms with Crippen LogP contribution in [0.3, 0.4) is 0 Å². The summed E-state index contributed by atoms with van der Waals surface area (Å²) in [5.74, 6) is 0.539. The number of allylic oxidation sites excluding steroid dienone is 2. The topological polar surface area (TPSA) is 116 Å². The van der Waals surface area contributed by atoms with E-state index in [0.717, 1.165) is 55.5 Å². The summed E-state index contributed by atoms with van der Waals surface area (Å²) in [7, 11) is 0. The first kappa shape index (κ1) is 24.2. The van der Waals surface area contributed by atoms with E-state index in [0.29, 0.717) is 43.3 Å². The summed E-state index contributed by atoms with van der Waals surface area (Å²) in [6.07, 6.45) is 12.4. The van der Waals surface area contributed by atoms with Crippen molar-refractivity contribution in [1.29, 1.82) is 10.8 Å². The second-order valence-electron chi connectivity index (χ2n) is 10.6. The summed E-state index contributed by atoms with van der Waals surface area (Å²) in [5, 5.41) is 20.0. The number of amidine groups is 2. The van der Waals surface area contributed by atoms with E-state index in [9.17, 15) is 9.59 Å². The molecule has 9 heteroatoms. The van der Waals surface area contributed by atoms with Gasteiger partial charge in [-0.1, -0.05) is 18.2 Å². The molecule has 3 amide bonds. The Bertz CT molecular complexity index is 1170. The van der Waals surface area contributed by atoms with Crippen LogP contribution in [-0.2, 0) is 13.0 Å². The summed E-state index contributed by atoms with van der Waals surface area (Å²) in [4.78, 5) is 36.1. The molecule has 2 saturated heterocycles. The number of aromatic nitrogens is 1. The Hall–Kier alpha value is -3.49. The summed E-state index contributed by atoms with van der Waals surface area (Å²) < 4.78 is 0. The van der Waals surface area contributed by atoms with Gasteiger partial charge in [0.1, 0.15) is 17.4 Å². The predicted molar refractivity (Wildman–Crippen MR) is 138 cm³/mol. The Morgan fingerprint density at radius 2 is 1.92 bits per heavy atom. The van der Waals surface area contributed by atoms with Crippen molar-refractivity contribution >= 4 is 23.6 Å². The molecule has 4 heterocycles. The second-order valence-corrected chi connectivity index (χ2v) is 10.6. The van der Waals surface area contributed by atoms with Crippen LogP contribution >= 0.6 is 0 Å². The van der Waals surface area contributed by atoms with Crippen LogP contribution in [0, 0.1) is 10.8 Å². The minimum absolute atomic E-state index is 0.0861. The van der Waals surface area contributed by atoms with Gasteiger partial charge in [0.25, 0.3) is 5.91 Å². The molecule has 0 spiro atoms.